The first-order chi connectivity index (χ1) is 6.65. The lowest BCUT2D eigenvalue weighted by molar-refractivity contribution is 0.0932. The number of hydrogen-bond acceptors (Lipinski definition) is 2. The van der Waals surface area contributed by atoms with Crippen molar-refractivity contribution in [3.8, 4) is 6.07 Å². The van der Waals surface area contributed by atoms with E-state index < -0.39 is 0 Å². The maximum Gasteiger partial charge on any atom is 0.166 e. The molecule has 0 bridgehead atoms. The molecule has 1 aromatic rings. The number of Topliss-reactive ketones (excluding diaryl/α,β-unsaturated/α-hetero) is 1. The SMILES string of the molecule is C[C@@H](CC#N)C(=O)c1ccc(Cl)cc1. The van der Waals surface area contributed by atoms with Gasteiger partial charge in [0.05, 0.1) is 6.07 Å². The van der Waals surface area contributed by atoms with Crippen molar-refractivity contribution < 1.29 is 4.79 Å². The minimum atomic E-state index is -0.249. The van der Waals surface area contributed by atoms with Gasteiger partial charge in [0.15, 0.2) is 5.78 Å². The number of rotatable bonds is 3. The van der Waals surface area contributed by atoms with Crippen molar-refractivity contribution in [2.24, 2.45) is 5.92 Å². The number of ketones is 1. The molecule has 1 atom stereocenters. The Morgan fingerprint density at radius 2 is 2.07 bits per heavy atom. The van der Waals surface area contributed by atoms with E-state index in [-0.39, 0.29) is 18.1 Å². The zero-order valence-electron chi connectivity index (χ0n) is 7.83. The zero-order valence-corrected chi connectivity index (χ0v) is 8.58. The number of nitriles is 1. The van der Waals surface area contributed by atoms with Gasteiger partial charge in [-0.2, -0.15) is 5.26 Å². The lowest BCUT2D eigenvalue weighted by atomic mass is 9.97. The predicted molar refractivity (Wildman–Crippen MR) is 55.2 cm³/mol. The van der Waals surface area contributed by atoms with E-state index in [1.54, 1.807) is 31.2 Å². The van der Waals surface area contributed by atoms with Crippen molar-refractivity contribution in [3.63, 3.8) is 0 Å². The van der Waals surface area contributed by atoms with Gasteiger partial charge in [-0.15, -0.1) is 0 Å². The van der Waals surface area contributed by atoms with Gasteiger partial charge < -0.3 is 0 Å². The van der Waals surface area contributed by atoms with E-state index in [9.17, 15) is 4.79 Å². The van der Waals surface area contributed by atoms with Crippen molar-refractivity contribution in [1.29, 1.82) is 5.26 Å². The van der Waals surface area contributed by atoms with Gasteiger partial charge in [-0.3, -0.25) is 4.79 Å². The molecule has 0 heterocycles. The molecule has 0 amide bonds. The van der Waals surface area contributed by atoms with Crippen LogP contribution in [0.1, 0.15) is 23.7 Å². The van der Waals surface area contributed by atoms with E-state index in [2.05, 4.69) is 0 Å². The first kappa shape index (κ1) is 10.7. The molecule has 0 aromatic heterocycles. The Bertz CT molecular complexity index is 364. The molecule has 3 heteroatoms. The number of hydrogen-bond donors (Lipinski definition) is 0. The van der Waals surface area contributed by atoms with Crippen LogP contribution in [0.4, 0.5) is 0 Å². The van der Waals surface area contributed by atoms with Crippen molar-refractivity contribution in [2.45, 2.75) is 13.3 Å². The standard InChI is InChI=1S/C11H10ClNO/c1-8(6-7-13)11(14)9-2-4-10(12)5-3-9/h2-5,8H,6H2,1H3/t8-/m0/s1. The normalized spacial score (nSPS) is 11.8. The fourth-order valence-corrected chi connectivity index (χ4v) is 1.25. The van der Waals surface area contributed by atoms with E-state index in [0.29, 0.717) is 10.6 Å². The highest BCUT2D eigenvalue weighted by Gasteiger charge is 2.14. The maximum absolute atomic E-state index is 11.7. The quantitative estimate of drug-likeness (QED) is 0.715. The van der Waals surface area contributed by atoms with Crippen LogP contribution < -0.4 is 0 Å². The molecular weight excluding hydrogens is 198 g/mol. The Kier molecular flexibility index (Phi) is 3.67. The number of carbonyl (C=O) groups is 1. The summed E-state index contributed by atoms with van der Waals surface area (Å²) in [6, 6.07) is 8.69. The van der Waals surface area contributed by atoms with Crippen LogP contribution in [0.15, 0.2) is 24.3 Å². The lowest BCUT2D eigenvalue weighted by Crippen LogP contribution is -2.10. The maximum atomic E-state index is 11.7. The van der Waals surface area contributed by atoms with Gasteiger partial charge in [-0.1, -0.05) is 18.5 Å². The Labute approximate surface area is 88.1 Å². The summed E-state index contributed by atoms with van der Waals surface area (Å²) in [5.74, 6) is -0.260. The van der Waals surface area contributed by atoms with Crippen LogP contribution in [-0.4, -0.2) is 5.78 Å². The van der Waals surface area contributed by atoms with E-state index in [1.165, 1.54) is 0 Å². The fraction of sp³-hybridized carbons (Fsp3) is 0.273. The van der Waals surface area contributed by atoms with Gasteiger partial charge in [0.25, 0.3) is 0 Å². The van der Waals surface area contributed by atoms with Crippen LogP contribution in [-0.2, 0) is 0 Å². The summed E-state index contributed by atoms with van der Waals surface area (Å²) >= 11 is 5.69. The highest BCUT2D eigenvalue weighted by atomic mass is 35.5. The van der Waals surface area contributed by atoms with Gasteiger partial charge in [0.2, 0.25) is 0 Å². The average Bonchev–Trinajstić information content (AvgIpc) is 2.18. The third kappa shape index (κ3) is 2.58. The second kappa shape index (κ2) is 4.78. The topological polar surface area (TPSA) is 40.9 Å². The summed E-state index contributed by atoms with van der Waals surface area (Å²) < 4.78 is 0. The number of halogens is 1. The molecule has 0 aliphatic carbocycles. The molecule has 72 valence electrons. The highest BCUT2D eigenvalue weighted by Crippen LogP contribution is 2.14. The summed E-state index contributed by atoms with van der Waals surface area (Å²) in [5, 5.41) is 9.06. The molecule has 0 radical (unpaired) electrons. The van der Waals surface area contributed by atoms with E-state index >= 15 is 0 Å². The largest absolute Gasteiger partial charge is 0.294 e. The van der Waals surface area contributed by atoms with Gasteiger partial charge in [0.1, 0.15) is 0 Å². The molecule has 1 aromatic carbocycles. The first-order valence-electron chi connectivity index (χ1n) is 4.32. The molecule has 0 N–H and O–H groups in total. The third-order valence-electron chi connectivity index (χ3n) is 1.97. The summed E-state index contributed by atoms with van der Waals surface area (Å²) in [4.78, 5) is 11.7. The van der Waals surface area contributed by atoms with Crippen LogP contribution in [0.2, 0.25) is 5.02 Å². The van der Waals surface area contributed by atoms with Gasteiger partial charge in [-0.25, -0.2) is 0 Å². The molecule has 0 spiro atoms. The van der Waals surface area contributed by atoms with Crippen molar-refractivity contribution in [3.05, 3.63) is 34.9 Å². The van der Waals surface area contributed by atoms with Crippen molar-refractivity contribution in [2.75, 3.05) is 0 Å². The molecule has 0 unspecified atom stereocenters. The van der Waals surface area contributed by atoms with Crippen LogP contribution in [0.25, 0.3) is 0 Å². The number of benzene rings is 1. The second-order valence-electron chi connectivity index (χ2n) is 3.13. The lowest BCUT2D eigenvalue weighted by Gasteiger charge is -2.05. The monoisotopic (exact) mass is 207 g/mol. The Morgan fingerprint density at radius 1 is 1.50 bits per heavy atom. The average molecular weight is 208 g/mol. The molecule has 0 aliphatic heterocycles. The van der Waals surface area contributed by atoms with E-state index in [4.69, 9.17) is 16.9 Å². The van der Waals surface area contributed by atoms with E-state index in [0.717, 1.165) is 0 Å². The number of carbonyl (C=O) groups excluding carboxylic acids is 1. The third-order valence-corrected chi connectivity index (χ3v) is 2.23. The van der Waals surface area contributed by atoms with Gasteiger partial charge in [0, 0.05) is 22.9 Å². The highest BCUT2D eigenvalue weighted by molar-refractivity contribution is 6.30. The van der Waals surface area contributed by atoms with Gasteiger partial charge >= 0.3 is 0 Å². The number of nitrogens with zero attached hydrogens (tertiary/aromatic N) is 1. The zero-order chi connectivity index (χ0) is 10.6. The Balaban J connectivity index is 2.80. The van der Waals surface area contributed by atoms with Crippen LogP contribution >= 0.6 is 11.6 Å². The minimum Gasteiger partial charge on any atom is -0.294 e. The van der Waals surface area contributed by atoms with Gasteiger partial charge in [-0.05, 0) is 24.3 Å². The van der Waals surface area contributed by atoms with E-state index in [1.807, 2.05) is 6.07 Å². The Hall–Kier alpha value is -1.33. The molecule has 2 nitrogen and oxygen atoms in total. The van der Waals surface area contributed by atoms with Crippen molar-refractivity contribution >= 4 is 17.4 Å². The molecule has 0 saturated heterocycles. The fourth-order valence-electron chi connectivity index (χ4n) is 1.13. The summed E-state index contributed by atoms with van der Waals surface area (Å²) in [7, 11) is 0. The summed E-state index contributed by atoms with van der Waals surface area (Å²) in [6.07, 6.45) is 0.251. The second-order valence-corrected chi connectivity index (χ2v) is 3.57. The van der Waals surface area contributed by atoms with Crippen LogP contribution in [0.5, 0.6) is 0 Å². The molecule has 0 aliphatic rings. The minimum absolute atomic E-state index is 0.0109. The molecule has 1 rings (SSSR count). The first-order valence-corrected chi connectivity index (χ1v) is 4.69. The Morgan fingerprint density at radius 3 is 2.57 bits per heavy atom. The van der Waals surface area contributed by atoms with Crippen molar-refractivity contribution in [1.82, 2.24) is 0 Å². The smallest absolute Gasteiger partial charge is 0.166 e. The van der Waals surface area contributed by atoms with Crippen LogP contribution in [0, 0.1) is 17.2 Å². The molecule has 0 fully saturated rings. The summed E-state index contributed by atoms with van der Waals surface area (Å²) in [6.45, 7) is 1.75. The molecular formula is C11H10ClNO. The summed E-state index contributed by atoms with van der Waals surface area (Å²) in [5.41, 5.74) is 0.608. The predicted octanol–water partition coefficient (Wildman–Crippen LogP) is 3.07. The van der Waals surface area contributed by atoms with Crippen LogP contribution in [0.3, 0.4) is 0 Å². The molecule has 14 heavy (non-hydrogen) atoms. The molecule has 0 saturated carbocycles.